The van der Waals surface area contributed by atoms with Gasteiger partial charge in [0.15, 0.2) is 0 Å². The summed E-state index contributed by atoms with van der Waals surface area (Å²) < 4.78 is 0. The second-order valence-electron chi connectivity index (χ2n) is 4.47. The maximum Gasteiger partial charge on any atom is 0.321 e. The molecular weight excluding hydrogens is 206 g/mol. The van der Waals surface area contributed by atoms with E-state index < -0.39 is 6.03 Å². The highest BCUT2D eigenvalue weighted by molar-refractivity contribution is 5.95. The summed E-state index contributed by atoms with van der Waals surface area (Å²) in [6, 6.07) is 0.175. The van der Waals surface area contributed by atoms with Gasteiger partial charge in [-0.2, -0.15) is 0 Å². The fourth-order valence-corrected chi connectivity index (χ4v) is 1.59. The number of urea groups is 1. The molecule has 0 aromatic rings. The lowest BCUT2D eigenvalue weighted by Gasteiger charge is -2.18. The van der Waals surface area contributed by atoms with Crippen LogP contribution in [0.5, 0.6) is 0 Å². The van der Waals surface area contributed by atoms with Gasteiger partial charge in [-0.25, -0.2) is 4.79 Å². The summed E-state index contributed by atoms with van der Waals surface area (Å²) in [5.41, 5.74) is 0. The quantitative estimate of drug-likeness (QED) is 0.727. The van der Waals surface area contributed by atoms with Crippen molar-refractivity contribution in [2.75, 3.05) is 13.1 Å². The Morgan fingerprint density at radius 3 is 2.44 bits per heavy atom. The molecular formula is C11H21N3O2. The van der Waals surface area contributed by atoms with E-state index in [-0.39, 0.29) is 11.9 Å². The Bertz CT molecular complexity index is 262. The summed E-state index contributed by atoms with van der Waals surface area (Å²) in [4.78, 5) is 24.9. The van der Waals surface area contributed by atoms with Gasteiger partial charge in [-0.15, -0.1) is 0 Å². The molecule has 0 aromatic carbocycles. The minimum atomic E-state index is -0.410. The number of carbonyl (C=O) groups is 2. The van der Waals surface area contributed by atoms with Crippen LogP contribution in [0.15, 0.2) is 0 Å². The van der Waals surface area contributed by atoms with Crippen LogP contribution < -0.4 is 10.6 Å². The van der Waals surface area contributed by atoms with Crippen molar-refractivity contribution in [2.45, 2.75) is 45.7 Å². The SMILES string of the molecule is CCN(CC(=O)NC(=O)NC(C)C)C1CC1. The largest absolute Gasteiger partial charge is 0.336 e. The van der Waals surface area contributed by atoms with Gasteiger partial charge in [0.2, 0.25) is 5.91 Å². The van der Waals surface area contributed by atoms with Gasteiger partial charge in [0.25, 0.3) is 0 Å². The van der Waals surface area contributed by atoms with Gasteiger partial charge in [0, 0.05) is 12.1 Å². The third kappa shape index (κ3) is 4.61. The standard InChI is InChI=1S/C11H21N3O2/c1-4-14(9-5-6-9)7-10(15)13-11(16)12-8(2)3/h8-9H,4-7H2,1-3H3,(H2,12,13,15,16). The second-order valence-corrected chi connectivity index (χ2v) is 4.47. The van der Waals surface area contributed by atoms with Crippen LogP contribution in [0.4, 0.5) is 4.79 Å². The maximum absolute atomic E-state index is 11.5. The highest BCUT2D eigenvalue weighted by Gasteiger charge is 2.29. The normalized spacial score (nSPS) is 15.3. The van der Waals surface area contributed by atoms with Gasteiger partial charge >= 0.3 is 6.03 Å². The van der Waals surface area contributed by atoms with Gasteiger partial charge in [-0.1, -0.05) is 6.92 Å². The third-order valence-electron chi connectivity index (χ3n) is 2.49. The van der Waals surface area contributed by atoms with Crippen LogP contribution in [0, 0.1) is 0 Å². The zero-order valence-corrected chi connectivity index (χ0v) is 10.2. The Hall–Kier alpha value is -1.10. The number of hydrogen-bond acceptors (Lipinski definition) is 3. The molecule has 0 saturated heterocycles. The lowest BCUT2D eigenvalue weighted by atomic mass is 10.4. The Labute approximate surface area is 96.6 Å². The summed E-state index contributed by atoms with van der Waals surface area (Å²) in [7, 11) is 0. The number of hydrogen-bond donors (Lipinski definition) is 2. The predicted octanol–water partition coefficient (Wildman–Crippen LogP) is 0.705. The van der Waals surface area contributed by atoms with E-state index in [2.05, 4.69) is 15.5 Å². The number of carbonyl (C=O) groups excluding carboxylic acids is 2. The molecule has 2 N–H and O–H groups in total. The molecule has 0 heterocycles. The third-order valence-corrected chi connectivity index (χ3v) is 2.49. The van der Waals surface area contributed by atoms with E-state index in [4.69, 9.17) is 0 Å². The van der Waals surface area contributed by atoms with Gasteiger partial charge in [0.1, 0.15) is 0 Å². The molecule has 0 atom stereocenters. The number of likely N-dealkylation sites (N-methyl/N-ethyl adjacent to an activating group) is 1. The minimum absolute atomic E-state index is 0.0403. The van der Waals surface area contributed by atoms with E-state index >= 15 is 0 Å². The summed E-state index contributed by atoms with van der Waals surface area (Å²) in [6.45, 7) is 6.90. The van der Waals surface area contributed by atoms with Crippen LogP contribution >= 0.6 is 0 Å². The number of rotatable bonds is 5. The smallest absolute Gasteiger partial charge is 0.321 e. The lowest BCUT2D eigenvalue weighted by Crippen LogP contribution is -2.46. The van der Waals surface area contributed by atoms with Crippen molar-refractivity contribution in [2.24, 2.45) is 0 Å². The summed E-state index contributed by atoms with van der Waals surface area (Å²) in [5, 5.41) is 4.95. The monoisotopic (exact) mass is 227 g/mol. The van der Waals surface area contributed by atoms with Gasteiger partial charge in [0.05, 0.1) is 6.54 Å². The average molecular weight is 227 g/mol. The van der Waals surface area contributed by atoms with Crippen LogP contribution in [-0.4, -0.2) is 42.0 Å². The molecule has 16 heavy (non-hydrogen) atoms. The number of nitrogens with one attached hydrogen (secondary N) is 2. The van der Waals surface area contributed by atoms with E-state index in [0.717, 1.165) is 6.54 Å². The van der Waals surface area contributed by atoms with Crippen LogP contribution in [-0.2, 0) is 4.79 Å². The van der Waals surface area contributed by atoms with Crippen LogP contribution in [0.2, 0.25) is 0 Å². The van der Waals surface area contributed by atoms with Crippen molar-refractivity contribution < 1.29 is 9.59 Å². The molecule has 0 bridgehead atoms. The Balaban J connectivity index is 2.26. The highest BCUT2D eigenvalue weighted by Crippen LogP contribution is 2.25. The molecule has 0 radical (unpaired) electrons. The summed E-state index contributed by atoms with van der Waals surface area (Å²) >= 11 is 0. The molecule has 1 aliphatic carbocycles. The van der Waals surface area contributed by atoms with Crippen molar-refractivity contribution in [3.05, 3.63) is 0 Å². The molecule has 1 fully saturated rings. The zero-order valence-electron chi connectivity index (χ0n) is 10.2. The van der Waals surface area contributed by atoms with E-state index in [0.29, 0.717) is 12.6 Å². The van der Waals surface area contributed by atoms with E-state index in [9.17, 15) is 9.59 Å². The van der Waals surface area contributed by atoms with Crippen molar-refractivity contribution in [3.8, 4) is 0 Å². The first-order valence-electron chi connectivity index (χ1n) is 5.87. The van der Waals surface area contributed by atoms with Crippen LogP contribution in [0.3, 0.4) is 0 Å². The minimum Gasteiger partial charge on any atom is -0.336 e. The van der Waals surface area contributed by atoms with Gasteiger partial charge < -0.3 is 5.32 Å². The topological polar surface area (TPSA) is 61.4 Å². The molecule has 1 saturated carbocycles. The van der Waals surface area contributed by atoms with Crippen LogP contribution in [0.25, 0.3) is 0 Å². The highest BCUT2D eigenvalue weighted by atomic mass is 16.2. The molecule has 3 amide bonds. The molecule has 5 nitrogen and oxygen atoms in total. The second kappa shape index (κ2) is 5.84. The first-order valence-corrected chi connectivity index (χ1v) is 5.87. The molecule has 1 rings (SSSR count). The predicted molar refractivity (Wildman–Crippen MR) is 62.1 cm³/mol. The number of amides is 3. The number of imide groups is 1. The van der Waals surface area contributed by atoms with Crippen molar-refractivity contribution in [1.82, 2.24) is 15.5 Å². The summed E-state index contributed by atoms with van der Waals surface area (Å²) in [5.74, 6) is -0.230. The van der Waals surface area contributed by atoms with Gasteiger partial charge in [-0.3, -0.25) is 15.0 Å². The van der Waals surface area contributed by atoms with E-state index in [1.165, 1.54) is 12.8 Å². The Kier molecular flexibility index (Phi) is 4.73. The fourth-order valence-electron chi connectivity index (χ4n) is 1.59. The first-order chi connectivity index (χ1) is 7.52. The zero-order chi connectivity index (χ0) is 12.1. The first kappa shape index (κ1) is 13.0. The van der Waals surface area contributed by atoms with Crippen molar-refractivity contribution in [1.29, 1.82) is 0 Å². The van der Waals surface area contributed by atoms with Gasteiger partial charge in [-0.05, 0) is 33.2 Å². The molecule has 0 spiro atoms. The number of nitrogens with zero attached hydrogens (tertiary/aromatic N) is 1. The van der Waals surface area contributed by atoms with Crippen molar-refractivity contribution >= 4 is 11.9 Å². The van der Waals surface area contributed by atoms with E-state index in [1.807, 2.05) is 20.8 Å². The molecule has 0 aromatic heterocycles. The molecule has 5 heteroatoms. The fraction of sp³-hybridized carbons (Fsp3) is 0.818. The Morgan fingerprint density at radius 1 is 1.38 bits per heavy atom. The molecule has 0 aliphatic heterocycles. The molecule has 1 aliphatic rings. The average Bonchev–Trinajstić information content (AvgIpc) is 2.95. The molecule has 0 unspecified atom stereocenters. The Morgan fingerprint density at radius 2 is 2.00 bits per heavy atom. The molecule has 92 valence electrons. The van der Waals surface area contributed by atoms with Crippen LogP contribution in [0.1, 0.15) is 33.6 Å². The lowest BCUT2D eigenvalue weighted by molar-refractivity contribution is -0.121. The van der Waals surface area contributed by atoms with Crippen molar-refractivity contribution in [3.63, 3.8) is 0 Å². The van der Waals surface area contributed by atoms with E-state index in [1.54, 1.807) is 0 Å². The maximum atomic E-state index is 11.5. The summed E-state index contributed by atoms with van der Waals surface area (Å²) in [6.07, 6.45) is 2.33.